The van der Waals surface area contributed by atoms with Gasteiger partial charge in [0.1, 0.15) is 10.7 Å². The van der Waals surface area contributed by atoms with E-state index in [9.17, 15) is 4.79 Å². The summed E-state index contributed by atoms with van der Waals surface area (Å²) in [7, 11) is 0. The van der Waals surface area contributed by atoms with Crippen molar-refractivity contribution in [1.82, 2.24) is 15.3 Å². The molecule has 1 amide bonds. The maximum Gasteiger partial charge on any atom is 0.270 e. The van der Waals surface area contributed by atoms with Crippen molar-refractivity contribution in [2.45, 2.75) is 13.5 Å². The third-order valence-corrected chi connectivity index (χ3v) is 3.14. The second-order valence-corrected chi connectivity index (χ2v) is 4.94. The molecule has 18 heavy (non-hydrogen) atoms. The second-order valence-electron chi connectivity index (χ2n) is 3.62. The van der Waals surface area contributed by atoms with E-state index in [2.05, 4.69) is 20.7 Å². The summed E-state index contributed by atoms with van der Waals surface area (Å²) < 4.78 is 0. The molecule has 4 N–H and O–H groups in total. The van der Waals surface area contributed by atoms with Crippen LogP contribution in [0.3, 0.4) is 0 Å². The average Bonchev–Trinajstić information content (AvgIpc) is 2.82. The van der Waals surface area contributed by atoms with Crippen LogP contribution < -0.4 is 16.6 Å². The van der Waals surface area contributed by atoms with Crippen molar-refractivity contribution in [3.8, 4) is 0 Å². The number of nitrogen functional groups attached to an aromatic ring is 1. The summed E-state index contributed by atoms with van der Waals surface area (Å²) in [6, 6.07) is 3.27. The lowest BCUT2D eigenvalue weighted by Crippen LogP contribution is -2.24. The van der Waals surface area contributed by atoms with Crippen LogP contribution in [0.1, 0.15) is 20.4 Å². The molecule has 0 aliphatic carbocycles. The van der Waals surface area contributed by atoms with Gasteiger partial charge in [0.05, 0.1) is 12.2 Å². The Labute approximate surface area is 108 Å². The zero-order valence-electron chi connectivity index (χ0n) is 9.80. The zero-order valence-corrected chi connectivity index (χ0v) is 10.6. The first-order valence-corrected chi connectivity index (χ1v) is 6.13. The zero-order chi connectivity index (χ0) is 13.0. The quantitative estimate of drug-likeness (QED) is 0.566. The number of aromatic nitrogens is 2. The molecule has 7 heteroatoms. The number of carbonyl (C=O) groups excluding carboxylic acids is 1. The standard InChI is InChI=1S/C11H13N5OS/c1-7-5-14-10(18-7)6-15-11(17)9-4-8(16-12)2-3-13-9/h2-5H,6,12H2,1H3,(H,13,16)(H,15,17). The number of hydrazine groups is 1. The molecule has 2 aromatic rings. The lowest BCUT2D eigenvalue weighted by atomic mass is 10.3. The van der Waals surface area contributed by atoms with Crippen molar-refractivity contribution in [2.75, 3.05) is 5.43 Å². The lowest BCUT2D eigenvalue weighted by Gasteiger charge is -2.04. The summed E-state index contributed by atoms with van der Waals surface area (Å²) in [5.74, 6) is 5.02. The number of aryl methyl sites for hydroxylation is 1. The molecule has 2 aromatic heterocycles. The Hall–Kier alpha value is -1.99. The highest BCUT2D eigenvalue weighted by atomic mass is 32.1. The maximum atomic E-state index is 11.8. The van der Waals surface area contributed by atoms with Crippen molar-refractivity contribution >= 4 is 22.9 Å². The Morgan fingerprint density at radius 2 is 2.33 bits per heavy atom. The molecule has 0 fully saturated rings. The summed E-state index contributed by atoms with van der Waals surface area (Å²) in [4.78, 5) is 21.1. The molecule has 0 radical (unpaired) electrons. The molecule has 2 rings (SSSR count). The summed E-state index contributed by atoms with van der Waals surface area (Å²) in [6.07, 6.45) is 3.31. The van der Waals surface area contributed by atoms with E-state index in [4.69, 9.17) is 5.84 Å². The number of carbonyl (C=O) groups is 1. The van der Waals surface area contributed by atoms with Gasteiger partial charge in [0.15, 0.2) is 0 Å². The van der Waals surface area contributed by atoms with E-state index in [-0.39, 0.29) is 5.91 Å². The molecule has 94 valence electrons. The van der Waals surface area contributed by atoms with E-state index < -0.39 is 0 Å². The minimum absolute atomic E-state index is 0.250. The molecule has 0 spiro atoms. The second kappa shape index (κ2) is 5.56. The van der Waals surface area contributed by atoms with Crippen molar-refractivity contribution in [3.63, 3.8) is 0 Å². The number of nitrogens with two attached hydrogens (primary N) is 1. The number of hydrogen-bond donors (Lipinski definition) is 3. The van der Waals surface area contributed by atoms with Gasteiger partial charge in [-0.3, -0.25) is 15.6 Å². The number of amides is 1. The summed E-state index contributed by atoms with van der Waals surface area (Å²) in [5, 5.41) is 3.63. The number of nitrogens with one attached hydrogen (secondary N) is 2. The SMILES string of the molecule is Cc1cnc(CNC(=O)c2cc(NN)ccn2)s1. The number of rotatable bonds is 4. The van der Waals surface area contributed by atoms with Crippen molar-refractivity contribution in [1.29, 1.82) is 0 Å². The fraction of sp³-hybridized carbons (Fsp3) is 0.182. The molecular weight excluding hydrogens is 250 g/mol. The van der Waals surface area contributed by atoms with E-state index in [1.807, 2.05) is 6.92 Å². The molecule has 0 atom stereocenters. The van der Waals surface area contributed by atoms with Crippen LogP contribution in [0.4, 0.5) is 5.69 Å². The first-order chi connectivity index (χ1) is 8.69. The highest BCUT2D eigenvalue weighted by molar-refractivity contribution is 7.11. The minimum Gasteiger partial charge on any atom is -0.344 e. The van der Waals surface area contributed by atoms with Gasteiger partial charge in [0.2, 0.25) is 0 Å². The van der Waals surface area contributed by atoms with E-state index in [0.717, 1.165) is 9.88 Å². The van der Waals surface area contributed by atoms with Crippen molar-refractivity contribution in [3.05, 3.63) is 40.1 Å². The van der Waals surface area contributed by atoms with E-state index in [0.29, 0.717) is 17.9 Å². The fourth-order valence-electron chi connectivity index (χ4n) is 1.37. The summed E-state index contributed by atoms with van der Waals surface area (Å²) in [6.45, 7) is 2.38. The smallest absolute Gasteiger partial charge is 0.270 e. The Bertz CT molecular complexity index is 554. The molecule has 0 aromatic carbocycles. The molecule has 0 aliphatic rings. The number of nitrogens with zero attached hydrogens (tertiary/aromatic N) is 2. The largest absolute Gasteiger partial charge is 0.344 e. The van der Waals surface area contributed by atoms with Gasteiger partial charge in [-0.15, -0.1) is 11.3 Å². The Morgan fingerprint density at radius 3 is 3.00 bits per heavy atom. The van der Waals surface area contributed by atoms with Crippen LogP contribution in [-0.4, -0.2) is 15.9 Å². The van der Waals surface area contributed by atoms with Gasteiger partial charge < -0.3 is 10.7 Å². The molecule has 0 saturated heterocycles. The monoisotopic (exact) mass is 263 g/mol. The Morgan fingerprint density at radius 1 is 1.50 bits per heavy atom. The van der Waals surface area contributed by atoms with Crippen LogP contribution in [0.2, 0.25) is 0 Å². The average molecular weight is 263 g/mol. The van der Waals surface area contributed by atoms with Gasteiger partial charge >= 0.3 is 0 Å². The lowest BCUT2D eigenvalue weighted by molar-refractivity contribution is 0.0946. The molecule has 0 unspecified atom stereocenters. The molecular formula is C11H13N5OS. The van der Waals surface area contributed by atoms with Gasteiger partial charge in [-0.2, -0.15) is 0 Å². The van der Waals surface area contributed by atoms with Crippen LogP contribution in [-0.2, 0) is 6.54 Å². The van der Waals surface area contributed by atoms with E-state index in [1.165, 1.54) is 6.20 Å². The molecule has 6 nitrogen and oxygen atoms in total. The van der Waals surface area contributed by atoms with Gasteiger partial charge in [0.25, 0.3) is 5.91 Å². The normalized spacial score (nSPS) is 10.1. The highest BCUT2D eigenvalue weighted by Gasteiger charge is 2.08. The van der Waals surface area contributed by atoms with Crippen molar-refractivity contribution in [2.24, 2.45) is 5.84 Å². The summed E-state index contributed by atoms with van der Waals surface area (Å²) >= 11 is 1.55. The van der Waals surface area contributed by atoms with Crippen LogP contribution in [0.5, 0.6) is 0 Å². The maximum absolute atomic E-state index is 11.8. The first-order valence-electron chi connectivity index (χ1n) is 5.31. The van der Waals surface area contributed by atoms with Crippen LogP contribution >= 0.6 is 11.3 Å². The Balaban J connectivity index is 1.99. The van der Waals surface area contributed by atoms with Gasteiger partial charge in [-0.05, 0) is 19.1 Å². The first kappa shape index (κ1) is 12.5. The van der Waals surface area contributed by atoms with Crippen LogP contribution in [0.15, 0.2) is 24.5 Å². The van der Waals surface area contributed by atoms with E-state index in [1.54, 1.807) is 29.7 Å². The minimum atomic E-state index is -0.250. The molecule has 0 bridgehead atoms. The third-order valence-electron chi connectivity index (χ3n) is 2.23. The van der Waals surface area contributed by atoms with Crippen molar-refractivity contribution < 1.29 is 4.79 Å². The number of thiazole rings is 1. The number of pyridine rings is 1. The third kappa shape index (κ3) is 3.02. The number of hydrogen-bond acceptors (Lipinski definition) is 6. The van der Waals surface area contributed by atoms with Gasteiger partial charge in [0, 0.05) is 17.3 Å². The molecule has 2 heterocycles. The van der Waals surface area contributed by atoms with Crippen LogP contribution in [0, 0.1) is 6.92 Å². The van der Waals surface area contributed by atoms with Crippen LogP contribution in [0.25, 0.3) is 0 Å². The topological polar surface area (TPSA) is 92.9 Å². The Kier molecular flexibility index (Phi) is 3.85. The van der Waals surface area contributed by atoms with Gasteiger partial charge in [-0.25, -0.2) is 4.98 Å². The van der Waals surface area contributed by atoms with E-state index >= 15 is 0 Å². The van der Waals surface area contributed by atoms with Gasteiger partial charge in [-0.1, -0.05) is 0 Å². The highest BCUT2D eigenvalue weighted by Crippen LogP contribution is 2.11. The molecule has 0 aliphatic heterocycles. The fourth-order valence-corrected chi connectivity index (χ4v) is 2.10. The predicted molar refractivity (Wildman–Crippen MR) is 70.1 cm³/mol. The summed E-state index contributed by atoms with van der Waals surface area (Å²) in [5.41, 5.74) is 3.43. The number of anilines is 1. The molecule has 0 saturated carbocycles. The predicted octanol–water partition coefficient (Wildman–Crippen LogP) is 1.06.